The van der Waals surface area contributed by atoms with Crippen LogP contribution in [0.15, 0.2) is 6.20 Å². The molecular weight excluding hydrogens is 196 g/mol. The number of ether oxygens (including phenoxy) is 1. The molecule has 80 valence electrons. The first-order chi connectivity index (χ1) is 7.20. The molecule has 6 heteroatoms. The summed E-state index contributed by atoms with van der Waals surface area (Å²) in [6.45, 7) is 3.09. The van der Waals surface area contributed by atoms with Gasteiger partial charge in [0.15, 0.2) is 0 Å². The van der Waals surface area contributed by atoms with Crippen LogP contribution >= 0.6 is 0 Å². The van der Waals surface area contributed by atoms with Crippen LogP contribution in [0, 0.1) is 0 Å². The first kappa shape index (κ1) is 9.70. The number of hydrogen-bond acceptors (Lipinski definition) is 5. The Bertz CT molecular complexity index is 394. The molecule has 1 aliphatic rings. The molecule has 6 nitrogen and oxygen atoms in total. The van der Waals surface area contributed by atoms with E-state index in [0.717, 1.165) is 11.3 Å². The molecule has 0 aromatic carbocycles. The van der Waals surface area contributed by atoms with E-state index in [-0.39, 0.29) is 12.0 Å². The molecule has 0 atom stereocenters. The monoisotopic (exact) mass is 208 g/mol. The summed E-state index contributed by atoms with van der Waals surface area (Å²) in [7, 11) is 0. The van der Waals surface area contributed by atoms with Crippen molar-refractivity contribution in [2.45, 2.75) is 20.0 Å². The van der Waals surface area contributed by atoms with Crippen LogP contribution in [-0.2, 0) is 17.8 Å². The van der Waals surface area contributed by atoms with E-state index in [1.165, 1.54) is 0 Å². The van der Waals surface area contributed by atoms with Crippen molar-refractivity contribution in [2.75, 3.05) is 12.3 Å². The average Bonchev–Trinajstić information content (AvgIpc) is 2.60. The first-order valence-corrected chi connectivity index (χ1v) is 4.72. The predicted octanol–water partition coefficient (Wildman–Crippen LogP) is 0.531. The van der Waals surface area contributed by atoms with Crippen molar-refractivity contribution in [2.24, 2.45) is 0 Å². The fourth-order valence-electron chi connectivity index (χ4n) is 1.51. The molecule has 0 saturated carbocycles. The Balaban J connectivity index is 2.12. The Morgan fingerprint density at radius 2 is 2.47 bits per heavy atom. The van der Waals surface area contributed by atoms with E-state index >= 15 is 0 Å². The van der Waals surface area contributed by atoms with Gasteiger partial charge in [0, 0.05) is 11.8 Å². The van der Waals surface area contributed by atoms with Gasteiger partial charge in [0.2, 0.25) is 5.95 Å². The first-order valence-electron chi connectivity index (χ1n) is 4.72. The lowest BCUT2D eigenvalue weighted by Gasteiger charge is -2.13. The third-order valence-electron chi connectivity index (χ3n) is 2.20. The topological polar surface area (TPSA) is 81.3 Å². The van der Waals surface area contributed by atoms with Crippen LogP contribution in [0.2, 0.25) is 0 Å². The number of rotatable bonds is 1. The number of nitrogens with zero attached hydrogens (tertiary/aromatic N) is 3. The summed E-state index contributed by atoms with van der Waals surface area (Å²) in [4.78, 5) is 20.9. The second-order valence-corrected chi connectivity index (χ2v) is 3.26. The van der Waals surface area contributed by atoms with Crippen molar-refractivity contribution in [1.29, 1.82) is 0 Å². The highest BCUT2D eigenvalue weighted by atomic mass is 16.6. The standard InChI is InChI=1S/C9H12N4O2/c1-2-15-9(14)13-4-6-3-11-8(10)12-7(6)5-13/h3H,2,4-5H2,1H3,(H2,10,11,12). The molecule has 1 amide bonds. The van der Waals surface area contributed by atoms with E-state index in [4.69, 9.17) is 10.5 Å². The van der Waals surface area contributed by atoms with Crippen LogP contribution < -0.4 is 5.73 Å². The molecule has 15 heavy (non-hydrogen) atoms. The Kier molecular flexibility index (Phi) is 2.40. The van der Waals surface area contributed by atoms with Gasteiger partial charge in [-0.15, -0.1) is 0 Å². The zero-order valence-corrected chi connectivity index (χ0v) is 8.43. The Labute approximate surface area is 87.1 Å². The van der Waals surface area contributed by atoms with Crippen molar-refractivity contribution in [3.8, 4) is 0 Å². The Hall–Kier alpha value is -1.85. The van der Waals surface area contributed by atoms with Crippen molar-refractivity contribution < 1.29 is 9.53 Å². The highest BCUT2D eigenvalue weighted by Gasteiger charge is 2.25. The lowest BCUT2D eigenvalue weighted by molar-refractivity contribution is 0.106. The lowest BCUT2D eigenvalue weighted by Crippen LogP contribution is -2.26. The van der Waals surface area contributed by atoms with Gasteiger partial charge in [-0.05, 0) is 6.92 Å². The molecular formula is C9H12N4O2. The summed E-state index contributed by atoms with van der Waals surface area (Å²) in [6, 6.07) is 0. The number of carbonyl (C=O) groups excluding carboxylic acids is 1. The summed E-state index contributed by atoms with van der Waals surface area (Å²) in [5, 5.41) is 0. The van der Waals surface area contributed by atoms with E-state index in [1.807, 2.05) is 0 Å². The maximum absolute atomic E-state index is 11.4. The van der Waals surface area contributed by atoms with Crippen molar-refractivity contribution in [3.63, 3.8) is 0 Å². The van der Waals surface area contributed by atoms with Crippen LogP contribution in [0.1, 0.15) is 18.2 Å². The van der Waals surface area contributed by atoms with Crippen LogP contribution in [-0.4, -0.2) is 27.6 Å². The van der Waals surface area contributed by atoms with E-state index in [0.29, 0.717) is 19.7 Å². The van der Waals surface area contributed by atoms with E-state index < -0.39 is 0 Å². The van der Waals surface area contributed by atoms with Crippen LogP contribution in [0.25, 0.3) is 0 Å². The molecule has 0 bridgehead atoms. The van der Waals surface area contributed by atoms with Crippen molar-refractivity contribution >= 4 is 12.0 Å². The molecule has 0 radical (unpaired) electrons. The molecule has 0 spiro atoms. The fraction of sp³-hybridized carbons (Fsp3) is 0.444. The molecule has 0 unspecified atom stereocenters. The number of fused-ring (bicyclic) bond motifs is 1. The minimum atomic E-state index is -0.325. The fourth-order valence-corrected chi connectivity index (χ4v) is 1.51. The molecule has 2 N–H and O–H groups in total. The molecule has 2 rings (SSSR count). The predicted molar refractivity (Wildman–Crippen MR) is 52.7 cm³/mol. The Morgan fingerprint density at radius 1 is 1.67 bits per heavy atom. The molecule has 1 aromatic rings. The van der Waals surface area contributed by atoms with Gasteiger partial charge in [-0.3, -0.25) is 4.90 Å². The highest BCUT2D eigenvalue weighted by Crippen LogP contribution is 2.21. The molecule has 0 aliphatic carbocycles. The third kappa shape index (κ3) is 1.83. The van der Waals surface area contributed by atoms with Crippen LogP contribution in [0.5, 0.6) is 0 Å². The minimum absolute atomic E-state index is 0.236. The van der Waals surface area contributed by atoms with Gasteiger partial charge in [0.05, 0.1) is 25.4 Å². The number of amides is 1. The SMILES string of the molecule is CCOC(=O)N1Cc2cnc(N)nc2C1. The zero-order valence-electron chi connectivity index (χ0n) is 8.43. The number of hydrogen-bond donors (Lipinski definition) is 1. The zero-order chi connectivity index (χ0) is 10.8. The number of aromatic nitrogens is 2. The molecule has 0 saturated heterocycles. The van der Waals surface area contributed by atoms with Crippen molar-refractivity contribution in [3.05, 3.63) is 17.5 Å². The Morgan fingerprint density at radius 3 is 3.20 bits per heavy atom. The van der Waals surface area contributed by atoms with Crippen molar-refractivity contribution in [1.82, 2.24) is 14.9 Å². The lowest BCUT2D eigenvalue weighted by atomic mass is 10.3. The van der Waals surface area contributed by atoms with Gasteiger partial charge >= 0.3 is 6.09 Å². The largest absolute Gasteiger partial charge is 0.450 e. The van der Waals surface area contributed by atoms with E-state index in [2.05, 4.69) is 9.97 Å². The number of anilines is 1. The third-order valence-corrected chi connectivity index (χ3v) is 2.20. The number of nitrogen functional groups attached to an aromatic ring is 1. The summed E-state index contributed by atoms with van der Waals surface area (Å²) in [6.07, 6.45) is 1.32. The quantitative estimate of drug-likeness (QED) is 0.728. The van der Waals surface area contributed by atoms with E-state index in [9.17, 15) is 4.79 Å². The normalized spacial score (nSPS) is 13.8. The second kappa shape index (κ2) is 3.72. The number of carbonyl (C=O) groups is 1. The summed E-state index contributed by atoms with van der Waals surface area (Å²) < 4.78 is 4.89. The summed E-state index contributed by atoms with van der Waals surface area (Å²) in [5.74, 6) is 0.236. The van der Waals surface area contributed by atoms with Gasteiger partial charge < -0.3 is 10.5 Å². The maximum atomic E-state index is 11.4. The molecule has 2 heterocycles. The number of nitrogens with two attached hydrogens (primary N) is 1. The highest BCUT2D eigenvalue weighted by molar-refractivity contribution is 5.68. The smallest absolute Gasteiger partial charge is 0.410 e. The minimum Gasteiger partial charge on any atom is -0.450 e. The van der Waals surface area contributed by atoms with Gasteiger partial charge in [-0.2, -0.15) is 0 Å². The van der Waals surface area contributed by atoms with Gasteiger partial charge in [0.25, 0.3) is 0 Å². The average molecular weight is 208 g/mol. The molecule has 0 fully saturated rings. The van der Waals surface area contributed by atoms with E-state index in [1.54, 1.807) is 18.0 Å². The van der Waals surface area contributed by atoms with Crippen LogP contribution in [0.3, 0.4) is 0 Å². The van der Waals surface area contributed by atoms with Gasteiger partial charge in [-0.25, -0.2) is 14.8 Å². The van der Waals surface area contributed by atoms with Gasteiger partial charge in [0.1, 0.15) is 0 Å². The second-order valence-electron chi connectivity index (χ2n) is 3.26. The summed E-state index contributed by atoms with van der Waals surface area (Å²) >= 11 is 0. The molecule has 1 aliphatic heterocycles. The van der Waals surface area contributed by atoms with Gasteiger partial charge in [-0.1, -0.05) is 0 Å². The molecule has 1 aromatic heterocycles. The maximum Gasteiger partial charge on any atom is 0.410 e. The summed E-state index contributed by atoms with van der Waals surface area (Å²) in [5.41, 5.74) is 7.18. The van der Waals surface area contributed by atoms with Crippen LogP contribution in [0.4, 0.5) is 10.7 Å².